The molecule has 0 bridgehead atoms. The molecule has 5 heteroatoms. The summed E-state index contributed by atoms with van der Waals surface area (Å²) in [5.74, 6) is -0.894. The highest BCUT2D eigenvalue weighted by Crippen LogP contribution is 2.22. The van der Waals surface area contributed by atoms with Gasteiger partial charge in [0.05, 0.1) is 10.7 Å². The summed E-state index contributed by atoms with van der Waals surface area (Å²) < 4.78 is 13.5. The van der Waals surface area contributed by atoms with Crippen LogP contribution < -0.4 is 10.6 Å². The lowest BCUT2D eigenvalue weighted by Gasteiger charge is -2.21. The highest BCUT2D eigenvalue weighted by molar-refractivity contribution is 6.31. The van der Waals surface area contributed by atoms with Gasteiger partial charge in [-0.2, -0.15) is 0 Å². The third-order valence-corrected chi connectivity index (χ3v) is 3.04. The van der Waals surface area contributed by atoms with Gasteiger partial charge in [-0.05, 0) is 24.6 Å². The van der Waals surface area contributed by atoms with E-state index in [0.29, 0.717) is 5.57 Å². The number of hydrogen-bond acceptors (Lipinski definition) is 2. The molecule has 0 unspecified atom stereocenters. The van der Waals surface area contributed by atoms with Gasteiger partial charge in [-0.15, -0.1) is 0 Å². The topological polar surface area (TPSA) is 41.1 Å². The average molecular weight is 255 g/mol. The van der Waals surface area contributed by atoms with Crippen LogP contribution in [0.15, 0.2) is 29.3 Å². The van der Waals surface area contributed by atoms with Crippen LogP contribution in [0.4, 0.5) is 10.1 Å². The minimum atomic E-state index is -0.605. The molecule has 3 nitrogen and oxygen atoms in total. The van der Waals surface area contributed by atoms with Crippen LogP contribution in [0.3, 0.4) is 0 Å². The van der Waals surface area contributed by atoms with Crippen molar-refractivity contribution in [2.24, 2.45) is 0 Å². The van der Waals surface area contributed by atoms with Crippen LogP contribution in [-0.2, 0) is 4.79 Å². The number of nitrogens with one attached hydrogen (secondary N) is 2. The second-order valence-electron chi connectivity index (χ2n) is 3.89. The monoisotopic (exact) mass is 254 g/mol. The van der Waals surface area contributed by atoms with Crippen LogP contribution in [0.5, 0.6) is 0 Å². The Bertz CT molecular complexity index is 493. The van der Waals surface area contributed by atoms with E-state index < -0.39 is 5.82 Å². The second kappa shape index (κ2) is 4.85. The van der Waals surface area contributed by atoms with Crippen LogP contribution in [0.2, 0.25) is 5.02 Å². The number of halogens is 2. The van der Waals surface area contributed by atoms with E-state index in [4.69, 9.17) is 11.6 Å². The van der Waals surface area contributed by atoms with Gasteiger partial charge in [0, 0.05) is 18.7 Å². The molecular weight excluding hydrogens is 243 g/mol. The summed E-state index contributed by atoms with van der Waals surface area (Å²) in [7, 11) is 0. The van der Waals surface area contributed by atoms with E-state index in [9.17, 15) is 9.18 Å². The van der Waals surface area contributed by atoms with E-state index in [0.717, 1.165) is 18.7 Å². The number of hydrogen-bond donors (Lipinski definition) is 2. The first-order valence-electron chi connectivity index (χ1n) is 5.24. The first kappa shape index (κ1) is 12.1. The normalized spacial score (nSPS) is 14.2. The highest BCUT2D eigenvalue weighted by atomic mass is 35.5. The van der Waals surface area contributed by atoms with Crippen LogP contribution >= 0.6 is 11.6 Å². The number of rotatable bonds is 2. The van der Waals surface area contributed by atoms with Crippen molar-refractivity contribution in [2.75, 3.05) is 18.4 Å². The lowest BCUT2D eigenvalue weighted by Crippen LogP contribution is -2.36. The van der Waals surface area contributed by atoms with Gasteiger partial charge in [0.1, 0.15) is 0 Å². The molecule has 1 aliphatic rings. The summed E-state index contributed by atoms with van der Waals surface area (Å²) >= 11 is 5.63. The van der Waals surface area contributed by atoms with Crippen LogP contribution in [0, 0.1) is 5.82 Å². The zero-order chi connectivity index (χ0) is 12.4. The predicted octanol–water partition coefficient (Wildman–Crippen LogP) is 2.34. The maximum atomic E-state index is 13.5. The van der Waals surface area contributed by atoms with Gasteiger partial charge in [0.25, 0.3) is 5.91 Å². The Morgan fingerprint density at radius 1 is 1.47 bits per heavy atom. The lowest BCUT2D eigenvalue weighted by atomic mass is 10.0. The Morgan fingerprint density at radius 2 is 2.18 bits per heavy atom. The smallest absolute Gasteiger partial charge is 0.251 e. The van der Waals surface area contributed by atoms with Crippen molar-refractivity contribution < 1.29 is 9.18 Å². The molecule has 0 aliphatic carbocycles. The van der Waals surface area contributed by atoms with E-state index >= 15 is 0 Å². The molecule has 17 heavy (non-hydrogen) atoms. The van der Waals surface area contributed by atoms with Gasteiger partial charge in [0.15, 0.2) is 5.82 Å². The number of anilines is 1. The van der Waals surface area contributed by atoms with E-state index in [1.165, 1.54) is 12.1 Å². The fourth-order valence-corrected chi connectivity index (χ4v) is 1.67. The molecule has 1 heterocycles. The van der Waals surface area contributed by atoms with Crippen molar-refractivity contribution in [3.05, 3.63) is 40.2 Å². The summed E-state index contributed by atoms with van der Waals surface area (Å²) in [6.45, 7) is 3.17. The molecule has 1 aliphatic heterocycles. The van der Waals surface area contributed by atoms with Crippen molar-refractivity contribution in [1.82, 2.24) is 5.32 Å². The molecule has 0 spiro atoms. The summed E-state index contributed by atoms with van der Waals surface area (Å²) in [5.41, 5.74) is 1.78. The van der Waals surface area contributed by atoms with Gasteiger partial charge < -0.3 is 10.6 Å². The minimum absolute atomic E-state index is 0.00147. The number of amides is 1. The molecule has 2 N–H and O–H groups in total. The number of carbonyl (C=O) groups is 1. The van der Waals surface area contributed by atoms with E-state index in [1.807, 2.05) is 0 Å². The standard InChI is InChI=1S/C12H12ClFN2O/c1-7(8-5-15-6-8)12(17)16-10-4-2-3-9(13)11(10)14/h2-4,15H,5-6H2,1H3,(H,16,17). The summed E-state index contributed by atoms with van der Waals surface area (Å²) in [6, 6.07) is 4.51. The summed E-state index contributed by atoms with van der Waals surface area (Å²) in [4.78, 5) is 11.8. The van der Waals surface area contributed by atoms with E-state index in [1.54, 1.807) is 13.0 Å². The molecule has 1 fully saturated rings. The van der Waals surface area contributed by atoms with Crippen molar-refractivity contribution in [2.45, 2.75) is 6.92 Å². The third-order valence-electron chi connectivity index (χ3n) is 2.75. The predicted molar refractivity (Wildman–Crippen MR) is 65.6 cm³/mol. The minimum Gasteiger partial charge on any atom is -0.320 e. The Hall–Kier alpha value is -1.39. The van der Waals surface area contributed by atoms with E-state index in [-0.39, 0.29) is 16.6 Å². The van der Waals surface area contributed by atoms with Gasteiger partial charge in [-0.1, -0.05) is 17.7 Å². The first-order valence-corrected chi connectivity index (χ1v) is 5.62. The molecule has 1 aromatic rings. The molecule has 0 saturated carbocycles. The lowest BCUT2D eigenvalue weighted by molar-refractivity contribution is -0.112. The number of benzene rings is 1. The second-order valence-corrected chi connectivity index (χ2v) is 4.29. The molecule has 1 aromatic carbocycles. The third kappa shape index (κ3) is 2.48. The zero-order valence-electron chi connectivity index (χ0n) is 9.31. The van der Waals surface area contributed by atoms with E-state index in [2.05, 4.69) is 10.6 Å². The molecule has 1 saturated heterocycles. The van der Waals surface area contributed by atoms with Crippen molar-refractivity contribution in [1.29, 1.82) is 0 Å². The van der Waals surface area contributed by atoms with Crippen LogP contribution in [-0.4, -0.2) is 19.0 Å². The molecular formula is C12H12ClFN2O. The zero-order valence-corrected chi connectivity index (χ0v) is 10.1. The van der Waals surface area contributed by atoms with Gasteiger partial charge in [0.2, 0.25) is 0 Å². The largest absolute Gasteiger partial charge is 0.320 e. The average Bonchev–Trinajstić information content (AvgIpc) is 2.22. The number of carbonyl (C=O) groups excluding carboxylic acids is 1. The molecule has 0 aromatic heterocycles. The summed E-state index contributed by atoms with van der Waals surface area (Å²) in [6.07, 6.45) is 0. The quantitative estimate of drug-likeness (QED) is 0.796. The Labute approximate surface area is 104 Å². The molecule has 1 amide bonds. The molecule has 0 radical (unpaired) electrons. The van der Waals surface area contributed by atoms with Gasteiger partial charge in [-0.25, -0.2) is 4.39 Å². The van der Waals surface area contributed by atoms with Gasteiger partial charge in [-0.3, -0.25) is 4.79 Å². The fourth-order valence-electron chi connectivity index (χ4n) is 1.49. The Balaban J connectivity index is 2.16. The van der Waals surface area contributed by atoms with Crippen LogP contribution in [0.1, 0.15) is 6.92 Å². The maximum absolute atomic E-state index is 13.5. The molecule has 0 atom stereocenters. The molecule has 90 valence electrons. The Morgan fingerprint density at radius 3 is 2.76 bits per heavy atom. The van der Waals surface area contributed by atoms with Crippen LogP contribution in [0.25, 0.3) is 0 Å². The first-order chi connectivity index (χ1) is 8.09. The van der Waals surface area contributed by atoms with Crippen molar-refractivity contribution in [3.8, 4) is 0 Å². The van der Waals surface area contributed by atoms with Crippen molar-refractivity contribution >= 4 is 23.2 Å². The fraction of sp³-hybridized carbons (Fsp3) is 0.250. The highest BCUT2D eigenvalue weighted by Gasteiger charge is 2.17. The van der Waals surface area contributed by atoms with Crippen molar-refractivity contribution in [3.63, 3.8) is 0 Å². The Kier molecular flexibility index (Phi) is 3.45. The SMILES string of the molecule is CC(C(=O)Nc1cccc(Cl)c1F)=C1CNC1. The summed E-state index contributed by atoms with van der Waals surface area (Å²) in [5, 5.41) is 5.56. The maximum Gasteiger partial charge on any atom is 0.251 e. The van der Waals surface area contributed by atoms with Gasteiger partial charge >= 0.3 is 0 Å². The molecule has 2 rings (SSSR count).